The Bertz CT molecular complexity index is 793. The van der Waals surface area contributed by atoms with E-state index in [9.17, 15) is 23.6 Å². The Labute approximate surface area is 155 Å². The second kappa shape index (κ2) is 6.98. The average Bonchev–Trinajstić information content (AvgIpc) is 3.43. The Morgan fingerprint density at radius 1 is 1.33 bits per heavy atom. The number of hydrogen-bond donors (Lipinski definition) is 2. The van der Waals surface area contributed by atoms with Gasteiger partial charge in [-0.05, 0) is 56.9 Å². The second-order valence-corrected chi connectivity index (χ2v) is 6.93. The third kappa shape index (κ3) is 3.91. The second-order valence-electron chi connectivity index (χ2n) is 6.93. The number of anilines is 1. The van der Waals surface area contributed by atoms with E-state index in [4.69, 9.17) is 4.74 Å². The zero-order valence-electron chi connectivity index (χ0n) is 15.0. The third-order valence-corrected chi connectivity index (χ3v) is 4.77. The van der Waals surface area contributed by atoms with Gasteiger partial charge in [-0.3, -0.25) is 19.3 Å². The van der Waals surface area contributed by atoms with Crippen molar-refractivity contribution in [3.63, 3.8) is 0 Å². The highest BCUT2D eigenvalue weighted by Crippen LogP contribution is 2.42. The molecule has 0 unspecified atom stereocenters. The maximum absolute atomic E-state index is 12.9. The minimum Gasteiger partial charge on any atom is -0.451 e. The van der Waals surface area contributed by atoms with Crippen LogP contribution >= 0.6 is 0 Å². The van der Waals surface area contributed by atoms with E-state index < -0.39 is 47.8 Å². The number of amides is 4. The number of carbonyl (C=O) groups is 4. The normalized spacial score (nSPS) is 23.0. The van der Waals surface area contributed by atoms with Crippen LogP contribution in [-0.2, 0) is 19.1 Å². The number of halogens is 1. The van der Waals surface area contributed by atoms with Crippen LogP contribution in [0.5, 0.6) is 0 Å². The summed E-state index contributed by atoms with van der Waals surface area (Å²) in [6.45, 7) is 2.44. The Hall–Kier alpha value is -2.97. The molecule has 1 aromatic rings. The summed E-state index contributed by atoms with van der Waals surface area (Å²) in [4.78, 5) is 49.4. The van der Waals surface area contributed by atoms with Crippen molar-refractivity contribution in [3.05, 3.63) is 30.1 Å². The van der Waals surface area contributed by atoms with E-state index >= 15 is 0 Å². The van der Waals surface area contributed by atoms with Gasteiger partial charge in [0.2, 0.25) is 0 Å². The zero-order chi connectivity index (χ0) is 19.8. The summed E-state index contributed by atoms with van der Waals surface area (Å²) < 4.78 is 17.9. The number of nitrogens with one attached hydrogen (secondary N) is 2. The average molecular weight is 377 g/mol. The monoisotopic (exact) mass is 377 g/mol. The Balaban J connectivity index is 1.54. The van der Waals surface area contributed by atoms with Gasteiger partial charge in [-0.15, -0.1) is 0 Å². The van der Waals surface area contributed by atoms with Crippen LogP contribution in [0.4, 0.5) is 14.9 Å². The van der Waals surface area contributed by atoms with E-state index in [-0.39, 0.29) is 5.92 Å². The number of imide groups is 1. The molecule has 2 atom stereocenters. The van der Waals surface area contributed by atoms with Crippen LogP contribution in [0.2, 0.25) is 0 Å². The molecule has 3 rings (SSSR count). The van der Waals surface area contributed by atoms with Gasteiger partial charge in [-0.25, -0.2) is 9.18 Å². The van der Waals surface area contributed by atoms with Crippen LogP contribution < -0.4 is 10.6 Å². The number of esters is 1. The number of benzene rings is 1. The Kier molecular flexibility index (Phi) is 4.86. The highest BCUT2D eigenvalue weighted by molar-refractivity contribution is 6.09. The van der Waals surface area contributed by atoms with Crippen molar-refractivity contribution in [1.29, 1.82) is 0 Å². The number of hydrogen-bond acceptors (Lipinski definition) is 5. The molecule has 1 aliphatic heterocycles. The minimum atomic E-state index is -1.15. The SMILES string of the molecule is C[C@@H](OC(=O)CN1C(=O)N[C@@](C)(C2CC2)C1=O)C(=O)Nc1ccc(F)cc1. The summed E-state index contributed by atoms with van der Waals surface area (Å²) in [5.41, 5.74) is -0.637. The van der Waals surface area contributed by atoms with Crippen LogP contribution in [0.25, 0.3) is 0 Å². The molecule has 9 heteroatoms. The summed E-state index contributed by atoms with van der Waals surface area (Å²) >= 11 is 0. The third-order valence-electron chi connectivity index (χ3n) is 4.77. The van der Waals surface area contributed by atoms with Gasteiger partial charge < -0.3 is 15.4 Å². The summed E-state index contributed by atoms with van der Waals surface area (Å²) in [7, 11) is 0. The first-order chi connectivity index (χ1) is 12.7. The molecule has 8 nitrogen and oxygen atoms in total. The molecule has 2 aliphatic rings. The maximum atomic E-state index is 12.9. The minimum absolute atomic E-state index is 0.0791. The first-order valence-electron chi connectivity index (χ1n) is 8.60. The quantitative estimate of drug-likeness (QED) is 0.576. The molecule has 0 radical (unpaired) electrons. The van der Waals surface area contributed by atoms with Crippen molar-refractivity contribution < 1.29 is 28.3 Å². The lowest BCUT2D eigenvalue weighted by Crippen LogP contribution is -2.46. The fraction of sp³-hybridized carbons (Fsp3) is 0.444. The van der Waals surface area contributed by atoms with Crippen LogP contribution in [-0.4, -0.2) is 46.9 Å². The van der Waals surface area contributed by atoms with E-state index in [0.29, 0.717) is 5.69 Å². The number of carbonyl (C=O) groups excluding carboxylic acids is 4. The Morgan fingerprint density at radius 3 is 2.56 bits per heavy atom. The van der Waals surface area contributed by atoms with Crippen molar-refractivity contribution in [2.45, 2.75) is 38.3 Å². The molecule has 4 amide bonds. The largest absolute Gasteiger partial charge is 0.451 e. The molecule has 1 aromatic carbocycles. The molecule has 1 heterocycles. The molecule has 0 spiro atoms. The topological polar surface area (TPSA) is 105 Å². The van der Waals surface area contributed by atoms with Gasteiger partial charge in [0.15, 0.2) is 6.10 Å². The molecule has 1 aliphatic carbocycles. The molecule has 27 heavy (non-hydrogen) atoms. The van der Waals surface area contributed by atoms with Crippen LogP contribution in [0.3, 0.4) is 0 Å². The van der Waals surface area contributed by atoms with Crippen LogP contribution in [0, 0.1) is 11.7 Å². The van der Waals surface area contributed by atoms with Gasteiger partial charge in [-0.1, -0.05) is 0 Å². The molecule has 0 aromatic heterocycles. The van der Waals surface area contributed by atoms with Crippen molar-refractivity contribution in [2.24, 2.45) is 5.92 Å². The van der Waals surface area contributed by atoms with Crippen LogP contribution in [0.1, 0.15) is 26.7 Å². The van der Waals surface area contributed by atoms with Crippen molar-refractivity contribution in [1.82, 2.24) is 10.2 Å². The summed E-state index contributed by atoms with van der Waals surface area (Å²) in [5.74, 6) is -2.32. The first-order valence-corrected chi connectivity index (χ1v) is 8.60. The summed E-state index contributed by atoms with van der Waals surface area (Å²) in [6.07, 6.45) is 0.543. The molecule has 1 saturated carbocycles. The number of rotatable bonds is 6. The fourth-order valence-electron chi connectivity index (χ4n) is 2.99. The molecule has 2 N–H and O–H groups in total. The van der Waals surface area contributed by atoms with Gasteiger partial charge in [0.05, 0.1) is 0 Å². The van der Waals surface area contributed by atoms with E-state index in [1.165, 1.54) is 31.2 Å². The van der Waals surface area contributed by atoms with E-state index in [1.807, 2.05) is 0 Å². The van der Waals surface area contributed by atoms with Gasteiger partial charge in [0.1, 0.15) is 17.9 Å². The standard InChI is InChI=1S/C18H20FN3O5/c1-10(15(24)20-13-7-5-12(19)6-8-13)27-14(23)9-22-16(25)18(2,11-3-4-11)21-17(22)26/h5-8,10-11H,3-4,9H2,1-2H3,(H,20,24)(H,21,26)/t10-,18+/m1/s1. The highest BCUT2D eigenvalue weighted by atomic mass is 19.1. The van der Waals surface area contributed by atoms with Crippen LogP contribution in [0.15, 0.2) is 24.3 Å². The molecule has 0 bridgehead atoms. The maximum Gasteiger partial charge on any atom is 0.327 e. The molecule has 144 valence electrons. The molecular formula is C18H20FN3O5. The molecule has 1 saturated heterocycles. The number of nitrogens with zero attached hydrogens (tertiary/aromatic N) is 1. The lowest BCUT2D eigenvalue weighted by atomic mass is 9.96. The van der Waals surface area contributed by atoms with Crippen molar-refractivity contribution >= 4 is 29.5 Å². The zero-order valence-corrected chi connectivity index (χ0v) is 15.0. The molecule has 2 fully saturated rings. The predicted molar refractivity (Wildman–Crippen MR) is 92.0 cm³/mol. The smallest absolute Gasteiger partial charge is 0.327 e. The Morgan fingerprint density at radius 2 is 1.96 bits per heavy atom. The van der Waals surface area contributed by atoms with E-state index in [0.717, 1.165) is 17.7 Å². The fourth-order valence-corrected chi connectivity index (χ4v) is 2.99. The lowest BCUT2D eigenvalue weighted by molar-refractivity contribution is -0.155. The van der Waals surface area contributed by atoms with Gasteiger partial charge in [-0.2, -0.15) is 0 Å². The van der Waals surface area contributed by atoms with Gasteiger partial charge >= 0.3 is 12.0 Å². The number of urea groups is 1. The molecular weight excluding hydrogens is 357 g/mol. The number of ether oxygens (including phenoxy) is 1. The summed E-state index contributed by atoms with van der Waals surface area (Å²) in [5, 5.41) is 5.11. The van der Waals surface area contributed by atoms with Crippen molar-refractivity contribution in [2.75, 3.05) is 11.9 Å². The van der Waals surface area contributed by atoms with E-state index in [2.05, 4.69) is 10.6 Å². The van der Waals surface area contributed by atoms with Gasteiger partial charge in [0.25, 0.3) is 11.8 Å². The summed E-state index contributed by atoms with van der Waals surface area (Å²) in [6, 6.07) is 4.46. The first kappa shape index (κ1) is 18.8. The lowest BCUT2D eigenvalue weighted by Gasteiger charge is -2.21. The predicted octanol–water partition coefficient (Wildman–Crippen LogP) is 1.42. The van der Waals surface area contributed by atoms with Gasteiger partial charge in [0, 0.05) is 5.69 Å². The van der Waals surface area contributed by atoms with Crippen molar-refractivity contribution in [3.8, 4) is 0 Å². The van der Waals surface area contributed by atoms with E-state index in [1.54, 1.807) is 6.92 Å². The highest BCUT2D eigenvalue weighted by Gasteiger charge is 2.56.